The Morgan fingerprint density at radius 3 is 2.58 bits per heavy atom. The van der Waals surface area contributed by atoms with Gasteiger partial charge in [-0.3, -0.25) is 14.4 Å². The maximum atomic E-state index is 14.3. The number of anilines is 1. The second-order valence-electron chi connectivity index (χ2n) is 13.9. The van der Waals surface area contributed by atoms with Crippen molar-refractivity contribution in [1.82, 2.24) is 15.1 Å². The van der Waals surface area contributed by atoms with Gasteiger partial charge in [0.05, 0.1) is 17.9 Å². The Labute approximate surface area is 260 Å². The molecule has 3 saturated heterocycles. The summed E-state index contributed by atoms with van der Waals surface area (Å²) < 4.78 is 6.55. The molecule has 4 heterocycles. The highest BCUT2D eigenvalue weighted by molar-refractivity contribution is 6.31. The number of halogens is 1. The molecule has 9 heteroatoms. The van der Waals surface area contributed by atoms with E-state index in [0.29, 0.717) is 29.1 Å². The molecule has 8 atom stereocenters. The lowest BCUT2D eigenvalue weighted by atomic mass is 9.73. The lowest BCUT2D eigenvalue weighted by Gasteiger charge is -2.38. The molecule has 3 amide bonds. The van der Waals surface area contributed by atoms with Crippen LogP contribution in [0.5, 0.6) is 0 Å². The summed E-state index contributed by atoms with van der Waals surface area (Å²) in [6.07, 6.45) is 9.56. The van der Waals surface area contributed by atoms with Gasteiger partial charge in [0.15, 0.2) is 0 Å². The van der Waals surface area contributed by atoms with Crippen LogP contribution in [-0.4, -0.2) is 77.5 Å². The van der Waals surface area contributed by atoms with Crippen molar-refractivity contribution in [3.05, 3.63) is 40.9 Å². The van der Waals surface area contributed by atoms with Crippen molar-refractivity contribution in [2.45, 2.75) is 90.0 Å². The molecule has 0 aromatic heterocycles. The van der Waals surface area contributed by atoms with Crippen LogP contribution in [0.2, 0.25) is 5.02 Å². The number of hydrogen-bond donors (Lipinski definition) is 2. The van der Waals surface area contributed by atoms with Crippen molar-refractivity contribution in [2.24, 2.45) is 29.6 Å². The zero-order valence-corrected chi connectivity index (χ0v) is 26.7. The summed E-state index contributed by atoms with van der Waals surface area (Å²) in [4.78, 5) is 46.5. The maximum absolute atomic E-state index is 14.3. The zero-order chi connectivity index (χ0) is 30.5. The molecule has 2 N–H and O–H groups in total. The summed E-state index contributed by atoms with van der Waals surface area (Å²) in [7, 11) is 0. The number of rotatable bonds is 8. The SMILES string of the molecule is Cc1ccc(NC(=O)[C@@H]2[C@@H]3C=C[C@]4(O3)[C@@H]2C(=O)N(CCCN2CCC(C)CC2)[C@H]4C(=O)N[C@@H]2CCC[C@@H](C)[C@@H]2C)cc1Cl. The Kier molecular flexibility index (Phi) is 8.66. The van der Waals surface area contributed by atoms with E-state index in [9.17, 15) is 14.4 Å². The van der Waals surface area contributed by atoms with Gasteiger partial charge in [-0.25, -0.2) is 0 Å². The van der Waals surface area contributed by atoms with Crippen LogP contribution in [0.25, 0.3) is 0 Å². The van der Waals surface area contributed by atoms with Gasteiger partial charge in [0.2, 0.25) is 17.7 Å². The fraction of sp³-hybridized carbons (Fsp3) is 0.676. The van der Waals surface area contributed by atoms with Crippen LogP contribution in [-0.2, 0) is 19.1 Å². The number of nitrogens with zero attached hydrogens (tertiary/aromatic N) is 2. The summed E-state index contributed by atoms with van der Waals surface area (Å²) in [6, 6.07) is 4.65. The number of likely N-dealkylation sites (tertiary alicyclic amines) is 2. The van der Waals surface area contributed by atoms with Gasteiger partial charge in [0.1, 0.15) is 11.6 Å². The van der Waals surface area contributed by atoms with Gasteiger partial charge in [0.25, 0.3) is 0 Å². The summed E-state index contributed by atoms with van der Waals surface area (Å²) in [6.45, 7) is 12.2. The Balaban J connectivity index is 1.24. The molecule has 6 rings (SSSR count). The van der Waals surface area contributed by atoms with Crippen LogP contribution in [0.15, 0.2) is 30.4 Å². The third-order valence-corrected chi connectivity index (χ3v) is 11.6. The van der Waals surface area contributed by atoms with E-state index in [1.54, 1.807) is 11.0 Å². The van der Waals surface area contributed by atoms with E-state index < -0.39 is 29.6 Å². The number of nitrogens with one attached hydrogen (secondary N) is 2. The van der Waals surface area contributed by atoms with Crippen LogP contribution >= 0.6 is 11.6 Å². The number of amides is 3. The van der Waals surface area contributed by atoms with E-state index in [4.69, 9.17) is 16.3 Å². The molecule has 0 radical (unpaired) electrons. The van der Waals surface area contributed by atoms with Gasteiger partial charge in [-0.05, 0) is 87.7 Å². The predicted octanol–water partition coefficient (Wildman–Crippen LogP) is 4.80. The summed E-state index contributed by atoms with van der Waals surface area (Å²) in [5.41, 5.74) is 0.346. The normalized spacial score (nSPS) is 35.8. The van der Waals surface area contributed by atoms with Crippen LogP contribution in [0, 0.1) is 36.5 Å². The monoisotopic (exact) mass is 610 g/mol. The number of aryl methyl sites for hydroxylation is 1. The minimum absolute atomic E-state index is 0.0620. The quantitative estimate of drug-likeness (QED) is 0.413. The van der Waals surface area contributed by atoms with Crippen molar-refractivity contribution in [3.8, 4) is 0 Å². The topological polar surface area (TPSA) is 91.0 Å². The highest BCUT2D eigenvalue weighted by Crippen LogP contribution is 2.55. The van der Waals surface area contributed by atoms with E-state index in [2.05, 4.69) is 36.3 Å². The third-order valence-electron chi connectivity index (χ3n) is 11.1. The van der Waals surface area contributed by atoms with Gasteiger partial charge in [-0.2, -0.15) is 0 Å². The van der Waals surface area contributed by atoms with Crippen molar-refractivity contribution in [3.63, 3.8) is 0 Å². The van der Waals surface area contributed by atoms with Gasteiger partial charge in [-0.15, -0.1) is 0 Å². The molecule has 8 nitrogen and oxygen atoms in total. The Morgan fingerprint density at radius 1 is 1.07 bits per heavy atom. The van der Waals surface area contributed by atoms with Crippen molar-refractivity contribution >= 4 is 35.0 Å². The van der Waals surface area contributed by atoms with Crippen LogP contribution in [0.3, 0.4) is 0 Å². The first-order valence-corrected chi connectivity index (χ1v) is 16.7. The van der Waals surface area contributed by atoms with Gasteiger partial charge in [-0.1, -0.05) is 63.4 Å². The number of fused-ring (bicyclic) bond motifs is 1. The largest absolute Gasteiger partial charge is 0.359 e. The molecule has 234 valence electrons. The van der Waals surface area contributed by atoms with Gasteiger partial charge < -0.3 is 25.2 Å². The molecule has 4 aliphatic heterocycles. The number of benzene rings is 1. The number of ether oxygens (including phenoxy) is 1. The molecule has 1 aliphatic carbocycles. The Bertz CT molecular complexity index is 1280. The second kappa shape index (κ2) is 12.2. The van der Waals surface area contributed by atoms with Crippen molar-refractivity contribution < 1.29 is 19.1 Å². The molecule has 0 unspecified atom stereocenters. The smallest absolute Gasteiger partial charge is 0.246 e. The fourth-order valence-corrected chi connectivity index (χ4v) is 8.38. The lowest BCUT2D eigenvalue weighted by Crippen LogP contribution is -2.58. The number of piperidine rings is 1. The molecule has 4 fully saturated rings. The molecular formula is C34H47ClN4O4. The van der Waals surface area contributed by atoms with E-state index >= 15 is 0 Å². The number of carbonyl (C=O) groups is 3. The number of hydrogen-bond acceptors (Lipinski definition) is 5. The molecule has 5 aliphatic rings. The molecule has 1 saturated carbocycles. The third kappa shape index (κ3) is 5.64. The van der Waals surface area contributed by atoms with E-state index in [0.717, 1.165) is 50.4 Å². The fourth-order valence-electron chi connectivity index (χ4n) is 8.20. The summed E-state index contributed by atoms with van der Waals surface area (Å²) in [5.74, 6) is -0.446. The summed E-state index contributed by atoms with van der Waals surface area (Å²) >= 11 is 6.32. The Morgan fingerprint density at radius 2 is 1.84 bits per heavy atom. The Hall–Kier alpha value is -2.42. The van der Waals surface area contributed by atoms with Gasteiger partial charge in [0, 0.05) is 23.3 Å². The van der Waals surface area contributed by atoms with E-state index in [1.165, 1.54) is 19.3 Å². The predicted molar refractivity (Wildman–Crippen MR) is 168 cm³/mol. The van der Waals surface area contributed by atoms with E-state index in [1.807, 2.05) is 31.2 Å². The molecular weight excluding hydrogens is 564 g/mol. The highest BCUT2D eigenvalue weighted by Gasteiger charge is 2.72. The first kappa shape index (κ1) is 30.6. The first-order chi connectivity index (χ1) is 20.6. The maximum Gasteiger partial charge on any atom is 0.246 e. The average Bonchev–Trinajstić information content (AvgIpc) is 3.62. The van der Waals surface area contributed by atoms with Crippen LogP contribution < -0.4 is 10.6 Å². The van der Waals surface area contributed by atoms with Crippen LogP contribution in [0.4, 0.5) is 5.69 Å². The minimum Gasteiger partial charge on any atom is -0.359 e. The van der Waals surface area contributed by atoms with E-state index in [-0.39, 0.29) is 23.8 Å². The number of carbonyl (C=O) groups excluding carboxylic acids is 3. The molecule has 1 aromatic rings. The van der Waals surface area contributed by atoms with Crippen molar-refractivity contribution in [1.29, 1.82) is 0 Å². The summed E-state index contributed by atoms with van der Waals surface area (Å²) in [5, 5.41) is 6.89. The molecule has 1 spiro atoms. The van der Waals surface area contributed by atoms with Crippen molar-refractivity contribution in [2.75, 3.05) is 31.5 Å². The van der Waals surface area contributed by atoms with Gasteiger partial charge >= 0.3 is 0 Å². The zero-order valence-electron chi connectivity index (χ0n) is 26.0. The molecule has 43 heavy (non-hydrogen) atoms. The lowest BCUT2D eigenvalue weighted by molar-refractivity contribution is -0.141. The van der Waals surface area contributed by atoms with Crippen LogP contribution in [0.1, 0.15) is 64.9 Å². The molecule has 1 aromatic carbocycles. The minimum atomic E-state index is -1.15. The second-order valence-corrected chi connectivity index (χ2v) is 14.4. The highest BCUT2D eigenvalue weighted by atomic mass is 35.5. The standard InChI is InChI=1S/C34H47ClN4O4/c1-20-12-17-38(18-13-20)15-6-16-39-30(32(41)37-26-8-5-7-21(2)23(26)4)34-14-11-27(43-34)28(29(34)33(39)42)31(40)36-24-10-9-22(3)25(35)19-24/h9-11,14,19-21,23,26-30H,5-8,12-13,15-18H2,1-4H3,(H,36,40)(H,37,41)/t21-,23+,26-,27+,28-,29+,30+,34+/m1/s1. The average molecular weight is 611 g/mol. The first-order valence-electron chi connectivity index (χ1n) is 16.4. The molecule has 2 bridgehead atoms.